The number of hydrogen-bond donors (Lipinski definition) is 1. The summed E-state index contributed by atoms with van der Waals surface area (Å²) in [4.78, 5) is 16.6. The lowest BCUT2D eigenvalue weighted by atomic mass is 10.1. The summed E-state index contributed by atoms with van der Waals surface area (Å²) < 4.78 is 7.43. The molecule has 0 aliphatic carbocycles. The predicted molar refractivity (Wildman–Crippen MR) is 112 cm³/mol. The van der Waals surface area contributed by atoms with Gasteiger partial charge in [-0.1, -0.05) is 6.92 Å². The van der Waals surface area contributed by atoms with E-state index in [-0.39, 0.29) is 11.4 Å². The fraction of sp³-hybridized carbons (Fsp3) is 0.200. The zero-order valence-electron chi connectivity index (χ0n) is 15.5. The lowest BCUT2D eigenvalue weighted by molar-refractivity contribution is -0.114. The Morgan fingerprint density at radius 3 is 2.71 bits per heavy atom. The van der Waals surface area contributed by atoms with Crippen LogP contribution in [0, 0.1) is 5.41 Å². The minimum absolute atomic E-state index is 0.0467. The highest BCUT2D eigenvalue weighted by atomic mass is 32.2. The van der Waals surface area contributed by atoms with Gasteiger partial charge in [0.05, 0.1) is 12.2 Å². The predicted octanol–water partition coefficient (Wildman–Crippen LogP) is 3.91. The third-order valence-corrected chi connectivity index (χ3v) is 5.35. The number of amidine groups is 2. The van der Waals surface area contributed by atoms with Crippen molar-refractivity contribution >= 4 is 39.8 Å². The standard InChI is InChI=1S/C20H19N5O2S/c1-3-17-23-25-18(21)16(19(26)22-20(25)28-17)12-14-6-5-11-24(14)13-7-9-15(10-8-13)27-4-2/h5-12,21H,3-4H2,1-2H3/b16-12+,21-18?. The number of ether oxygens (including phenoxy) is 1. The highest BCUT2D eigenvalue weighted by Crippen LogP contribution is 2.29. The molecule has 28 heavy (non-hydrogen) atoms. The number of aliphatic imine (C=N–C) groups is 1. The van der Waals surface area contributed by atoms with E-state index in [1.165, 1.54) is 16.8 Å². The third kappa shape index (κ3) is 3.27. The summed E-state index contributed by atoms with van der Waals surface area (Å²) in [7, 11) is 0. The van der Waals surface area contributed by atoms with Crippen LogP contribution < -0.4 is 4.74 Å². The van der Waals surface area contributed by atoms with Crippen LogP contribution in [0.1, 0.15) is 26.0 Å². The number of rotatable bonds is 5. The molecule has 2 aromatic rings. The average Bonchev–Trinajstić information content (AvgIpc) is 3.33. The second kappa shape index (κ2) is 7.47. The van der Waals surface area contributed by atoms with Crippen LogP contribution in [0.15, 0.2) is 58.3 Å². The molecule has 0 radical (unpaired) electrons. The van der Waals surface area contributed by atoms with Gasteiger partial charge in [-0.25, -0.2) is 0 Å². The van der Waals surface area contributed by atoms with Crippen molar-refractivity contribution in [3.8, 4) is 11.4 Å². The monoisotopic (exact) mass is 393 g/mol. The number of aromatic nitrogens is 1. The molecule has 8 heteroatoms. The van der Waals surface area contributed by atoms with E-state index in [0.717, 1.165) is 28.6 Å². The van der Waals surface area contributed by atoms with Crippen LogP contribution in [-0.2, 0) is 4.79 Å². The van der Waals surface area contributed by atoms with E-state index in [1.54, 1.807) is 6.08 Å². The molecule has 0 fully saturated rings. The Kier molecular flexibility index (Phi) is 4.87. The van der Waals surface area contributed by atoms with E-state index in [0.29, 0.717) is 11.8 Å². The number of amides is 1. The van der Waals surface area contributed by atoms with Crippen molar-refractivity contribution in [3.05, 3.63) is 53.9 Å². The molecule has 1 aromatic carbocycles. The van der Waals surface area contributed by atoms with Gasteiger partial charge in [0.15, 0.2) is 5.84 Å². The van der Waals surface area contributed by atoms with Crippen molar-refractivity contribution in [1.29, 1.82) is 5.41 Å². The first-order chi connectivity index (χ1) is 13.6. The minimum atomic E-state index is -0.421. The normalized spacial score (nSPS) is 17.6. The van der Waals surface area contributed by atoms with E-state index >= 15 is 0 Å². The van der Waals surface area contributed by atoms with Gasteiger partial charge in [0.2, 0.25) is 5.17 Å². The molecule has 2 aliphatic rings. The molecule has 4 rings (SSSR count). The number of carbonyl (C=O) groups is 1. The van der Waals surface area contributed by atoms with E-state index in [9.17, 15) is 4.79 Å². The fourth-order valence-electron chi connectivity index (χ4n) is 2.94. The van der Waals surface area contributed by atoms with Gasteiger partial charge in [-0.3, -0.25) is 10.2 Å². The Balaban J connectivity index is 1.67. The molecule has 3 heterocycles. The number of carbonyl (C=O) groups excluding carboxylic acids is 1. The second-order valence-electron chi connectivity index (χ2n) is 6.10. The molecule has 0 saturated carbocycles. The summed E-state index contributed by atoms with van der Waals surface area (Å²) in [6.07, 6.45) is 4.33. The minimum Gasteiger partial charge on any atom is -0.494 e. The molecular formula is C20H19N5O2S. The van der Waals surface area contributed by atoms with Crippen molar-refractivity contribution in [1.82, 2.24) is 9.58 Å². The van der Waals surface area contributed by atoms with Gasteiger partial charge < -0.3 is 9.30 Å². The van der Waals surface area contributed by atoms with E-state index in [1.807, 2.05) is 61.0 Å². The Morgan fingerprint density at radius 2 is 2.00 bits per heavy atom. The van der Waals surface area contributed by atoms with Gasteiger partial charge in [0.25, 0.3) is 5.91 Å². The molecule has 142 valence electrons. The van der Waals surface area contributed by atoms with Gasteiger partial charge in [-0.05, 0) is 67.6 Å². The van der Waals surface area contributed by atoms with E-state index in [2.05, 4.69) is 10.1 Å². The lowest BCUT2D eigenvalue weighted by Gasteiger charge is -2.20. The summed E-state index contributed by atoms with van der Waals surface area (Å²) in [6.45, 7) is 4.54. The summed E-state index contributed by atoms with van der Waals surface area (Å²) in [5.41, 5.74) is 1.93. The van der Waals surface area contributed by atoms with Crippen molar-refractivity contribution in [2.75, 3.05) is 6.61 Å². The topological polar surface area (TPSA) is 83.0 Å². The Morgan fingerprint density at radius 1 is 1.21 bits per heavy atom. The summed E-state index contributed by atoms with van der Waals surface area (Å²) in [6, 6.07) is 11.5. The van der Waals surface area contributed by atoms with Crippen molar-refractivity contribution in [2.24, 2.45) is 10.1 Å². The van der Waals surface area contributed by atoms with Gasteiger partial charge in [-0.2, -0.15) is 15.1 Å². The zero-order chi connectivity index (χ0) is 19.7. The largest absolute Gasteiger partial charge is 0.494 e. The quantitative estimate of drug-likeness (QED) is 0.781. The third-order valence-electron chi connectivity index (χ3n) is 4.30. The van der Waals surface area contributed by atoms with Crippen molar-refractivity contribution in [2.45, 2.75) is 20.3 Å². The molecule has 0 atom stereocenters. The van der Waals surface area contributed by atoms with Crippen LogP contribution in [0.3, 0.4) is 0 Å². The molecular weight excluding hydrogens is 374 g/mol. The first-order valence-electron chi connectivity index (χ1n) is 9.00. The molecule has 0 unspecified atom stereocenters. The van der Waals surface area contributed by atoms with Crippen LogP contribution in [0.25, 0.3) is 11.8 Å². The number of hydrazone groups is 1. The smallest absolute Gasteiger partial charge is 0.283 e. The van der Waals surface area contributed by atoms with Crippen LogP contribution in [0.5, 0.6) is 5.75 Å². The molecule has 2 aliphatic heterocycles. The Bertz CT molecular complexity index is 1030. The zero-order valence-corrected chi connectivity index (χ0v) is 16.4. The number of thioether (sulfide) groups is 1. The number of fused-ring (bicyclic) bond motifs is 1. The first kappa shape index (κ1) is 18.2. The average molecular weight is 393 g/mol. The van der Waals surface area contributed by atoms with E-state index in [4.69, 9.17) is 10.1 Å². The van der Waals surface area contributed by atoms with E-state index < -0.39 is 5.91 Å². The molecule has 0 bridgehead atoms. The van der Waals surface area contributed by atoms with Gasteiger partial charge in [0, 0.05) is 17.6 Å². The van der Waals surface area contributed by atoms with Gasteiger partial charge in [0.1, 0.15) is 10.8 Å². The maximum Gasteiger partial charge on any atom is 0.283 e. The Labute approximate surface area is 166 Å². The summed E-state index contributed by atoms with van der Waals surface area (Å²) in [5, 5.41) is 15.5. The molecule has 1 N–H and O–H groups in total. The highest BCUT2D eigenvalue weighted by Gasteiger charge is 2.35. The fourth-order valence-corrected chi connectivity index (χ4v) is 3.76. The summed E-state index contributed by atoms with van der Waals surface area (Å²) >= 11 is 1.34. The number of benzene rings is 1. The van der Waals surface area contributed by atoms with Gasteiger partial charge >= 0.3 is 0 Å². The maximum atomic E-state index is 12.5. The van der Waals surface area contributed by atoms with Crippen LogP contribution in [-0.4, -0.2) is 38.1 Å². The number of hydrogen-bond acceptors (Lipinski definition) is 5. The highest BCUT2D eigenvalue weighted by molar-refractivity contribution is 8.26. The van der Waals surface area contributed by atoms with Crippen LogP contribution in [0.2, 0.25) is 0 Å². The van der Waals surface area contributed by atoms with Crippen LogP contribution in [0.4, 0.5) is 0 Å². The maximum absolute atomic E-state index is 12.5. The second-order valence-corrected chi connectivity index (χ2v) is 7.14. The number of nitrogens with zero attached hydrogens (tertiary/aromatic N) is 4. The van der Waals surface area contributed by atoms with Crippen molar-refractivity contribution in [3.63, 3.8) is 0 Å². The molecule has 1 amide bonds. The first-order valence-corrected chi connectivity index (χ1v) is 9.82. The molecule has 0 spiro atoms. The SMILES string of the molecule is CCOc1ccc(-n2cccc2/C=C2\C(=N)N3N=C(CC)SC3=NC2=O)cc1. The van der Waals surface area contributed by atoms with Crippen LogP contribution >= 0.6 is 11.8 Å². The Hall–Kier alpha value is -3.13. The molecule has 7 nitrogen and oxygen atoms in total. The summed E-state index contributed by atoms with van der Waals surface area (Å²) in [5.74, 6) is 0.432. The van der Waals surface area contributed by atoms with Crippen molar-refractivity contribution < 1.29 is 9.53 Å². The van der Waals surface area contributed by atoms with Gasteiger partial charge in [-0.15, -0.1) is 0 Å². The molecule has 1 aromatic heterocycles. The lowest BCUT2D eigenvalue weighted by Crippen LogP contribution is -2.35. The molecule has 0 saturated heterocycles. The number of nitrogens with one attached hydrogen (secondary N) is 1.